The summed E-state index contributed by atoms with van der Waals surface area (Å²) in [4.78, 5) is 4.52. The van der Waals surface area contributed by atoms with Crippen LogP contribution in [0.25, 0.3) is 0 Å². The molecule has 4 N–H and O–H groups in total. The lowest BCUT2D eigenvalue weighted by Crippen LogP contribution is -2.32. The Balaban J connectivity index is 2.12. The Hall–Kier alpha value is -0.930. The predicted molar refractivity (Wildman–Crippen MR) is 66.2 cm³/mol. The van der Waals surface area contributed by atoms with Crippen LogP contribution in [-0.2, 0) is 6.42 Å². The van der Waals surface area contributed by atoms with Gasteiger partial charge in [0.1, 0.15) is 0 Å². The zero-order chi connectivity index (χ0) is 11.4. The van der Waals surface area contributed by atoms with Gasteiger partial charge < -0.3 is 11.5 Å². The average molecular weight is 219 g/mol. The fourth-order valence-corrected chi connectivity index (χ4v) is 2.62. The summed E-state index contributed by atoms with van der Waals surface area (Å²) in [5, 5.41) is 0. The van der Waals surface area contributed by atoms with E-state index in [-0.39, 0.29) is 6.04 Å². The molecule has 2 rings (SSSR count). The third-order valence-corrected chi connectivity index (χ3v) is 3.50. The first-order valence-corrected chi connectivity index (χ1v) is 6.22. The second-order valence-corrected chi connectivity index (χ2v) is 4.64. The minimum absolute atomic E-state index is 0.220. The molecule has 88 valence electrons. The maximum absolute atomic E-state index is 6.25. The Morgan fingerprint density at radius 3 is 3.19 bits per heavy atom. The van der Waals surface area contributed by atoms with Crippen LogP contribution in [0.15, 0.2) is 18.3 Å². The van der Waals surface area contributed by atoms with Gasteiger partial charge in [-0.25, -0.2) is 0 Å². The average Bonchev–Trinajstić information content (AvgIpc) is 2.35. The summed E-state index contributed by atoms with van der Waals surface area (Å²) in [5.74, 6) is 0.441. The largest absolute Gasteiger partial charge is 0.330 e. The van der Waals surface area contributed by atoms with Gasteiger partial charge in [-0.05, 0) is 50.3 Å². The van der Waals surface area contributed by atoms with Crippen LogP contribution >= 0.6 is 0 Å². The number of hydrogen-bond acceptors (Lipinski definition) is 3. The van der Waals surface area contributed by atoms with Gasteiger partial charge in [0.25, 0.3) is 0 Å². The first-order valence-electron chi connectivity index (χ1n) is 6.22. The third-order valence-electron chi connectivity index (χ3n) is 3.50. The van der Waals surface area contributed by atoms with Crippen LogP contribution in [0.3, 0.4) is 0 Å². The molecular weight excluding hydrogens is 198 g/mol. The van der Waals surface area contributed by atoms with Gasteiger partial charge in [0.05, 0.1) is 0 Å². The molecule has 0 amide bonds. The number of pyridine rings is 1. The molecule has 3 nitrogen and oxygen atoms in total. The van der Waals surface area contributed by atoms with Gasteiger partial charge in [0.15, 0.2) is 0 Å². The van der Waals surface area contributed by atoms with E-state index < -0.39 is 0 Å². The zero-order valence-electron chi connectivity index (χ0n) is 9.73. The van der Waals surface area contributed by atoms with E-state index in [4.69, 9.17) is 11.5 Å². The first-order chi connectivity index (χ1) is 7.83. The van der Waals surface area contributed by atoms with E-state index in [0.29, 0.717) is 5.92 Å². The molecule has 0 saturated carbocycles. The fourth-order valence-electron chi connectivity index (χ4n) is 2.62. The van der Waals surface area contributed by atoms with Crippen molar-refractivity contribution in [3.8, 4) is 0 Å². The molecule has 0 spiro atoms. The van der Waals surface area contributed by atoms with Gasteiger partial charge in [-0.2, -0.15) is 0 Å². The Labute approximate surface area is 97.2 Å². The summed E-state index contributed by atoms with van der Waals surface area (Å²) >= 11 is 0. The number of nitrogens with zero attached hydrogens (tertiary/aromatic N) is 1. The number of hydrogen-bond donors (Lipinski definition) is 2. The van der Waals surface area contributed by atoms with Crippen molar-refractivity contribution < 1.29 is 0 Å². The smallest absolute Gasteiger partial charge is 0.0481 e. The van der Waals surface area contributed by atoms with E-state index in [1.807, 2.05) is 12.3 Å². The molecule has 1 aromatic rings. The van der Waals surface area contributed by atoms with Crippen LogP contribution < -0.4 is 11.5 Å². The molecular formula is C13H21N3. The number of rotatable bonds is 4. The van der Waals surface area contributed by atoms with Gasteiger partial charge in [0.2, 0.25) is 0 Å². The van der Waals surface area contributed by atoms with Crippen molar-refractivity contribution >= 4 is 0 Å². The summed E-state index contributed by atoms with van der Waals surface area (Å²) < 4.78 is 0. The highest BCUT2D eigenvalue weighted by Crippen LogP contribution is 2.32. The Morgan fingerprint density at radius 2 is 2.38 bits per heavy atom. The highest BCUT2D eigenvalue weighted by Gasteiger charge is 2.26. The van der Waals surface area contributed by atoms with Crippen molar-refractivity contribution in [3.63, 3.8) is 0 Å². The highest BCUT2D eigenvalue weighted by molar-refractivity contribution is 5.27. The van der Waals surface area contributed by atoms with Crippen molar-refractivity contribution in [1.82, 2.24) is 4.98 Å². The third kappa shape index (κ3) is 2.42. The molecule has 0 saturated heterocycles. The lowest BCUT2D eigenvalue weighted by atomic mass is 9.81. The van der Waals surface area contributed by atoms with E-state index in [0.717, 1.165) is 25.8 Å². The van der Waals surface area contributed by atoms with Crippen molar-refractivity contribution in [2.75, 3.05) is 6.54 Å². The van der Waals surface area contributed by atoms with Crippen molar-refractivity contribution in [2.24, 2.45) is 11.5 Å². The number of fused-ring (bicyclic) bond motifs is 1. The van der Waals surface area contributed by atoms with E-state index in [1.54, 1.807) is 0 Å². The molecule has 1 heterocycles. The second kappa shape index (κ2) is 5.41. The molecule has 0 radical (unpaired) electrons. The summed E-state index contributed by atoms with van der Waals surface area (Å²) in [5.41, 5.74) is 14.4. The SMILES string of the molecule is NCCCC(N)C1CCCc2cccnc21. The lowest BCUT2D eigenvalue weighted by Gasteiger charge is -2.29. The zero-order valence-corrected chi connectivity index (χ0v) is 9.73. The van der Waals surface area contributed by atoms with Crippen molar-refractivity contribution in [2.45, 2.75) is 44.1 Å². The number of nitrogens with two attached hydrogens (primary N) is 2. The molecule has 0 bridgehead atoms. The molecule has 0 fully saturated rings. The Bertz CT molecular complexity index is 338. The first kappa shape index (κ1) is 11.6. The minimum atomic E-state index is 0.220. The van der Waals surface area contributed by atoms with Crippen LogP contribution in [0.5, 0.6) is 0 Å². The predicted octanol–water partition coefficient (Wildman–Crippen LogP) is 1.57. The van der Waals surface area contributed by atoms with Crippen LogP contribution in [0.4, 0.5) is 0 Å². The van der Waals surface area contributed by atoms with Crippen molar-refractivity contribution in [3.05, 3.63) is 29.6 Å². The molecule has 0 aromatic carbocycles. The topological polar surface area (TPSA) is 64.9 Å². The van der Waals surface area contributed by atoms with Crippen LogP contribution in [0.2, 0.25) is 0 Å². The maximum atomic E-state index is 6.25. The molecule has 1 aromatic heterocycles. The molecule has 1 aliphatic rings. The van der Waals surface area contributed by atoms with E-state index in [1.165, 1.54) is 24.1 Å². The number of aryl methyl sites for hydroxylation is 1. The summed E-state index contributed by atoms with van der Waals surface area (Å²) in [6.07, 6.45) is 7.47. The highest BCUT2D eigenvalue weighted by atomic mass is 14.7. The summed E-state index contributed by atoms with van der Waals surface area (Å²) in [7, 11) is 0. The summed E-state index contributed by atoms with van der Waals surface area (Å²) in [6, 6.07) is 4.43. The Morgan fingerprint density at radius 1 is 1.50 bits per heavy atom. The van der Waals surface area contributed by atoms with Gasteiger partial charge in [-0.1, -0.05) is 6.07 Å². The standard InChI is InChI=1S/C13H21N3/c14-8-2-7-12(15)11-6-1-4-10-5-3-9-16-13(10)11/h3,5,9,11-12H,1-2,4,6-8,14-15H2. The van der Waals surface area contributed by atoms with Gasteiger partial charge in [-0.3, -0.25) is 4.98 Å². The van der Waals surface area contributed by atoms with E-state index in [2.05, 4.69) is 11.1 Å². The quantitative estimate of drug-likeness (QED) is 0.808. The van der Waals surface area contributed by atoms with E-state index in [9.17, 15) is 0 Å². The van der Waals surface area contributed by atoms with Crippen molar-refractivity contribution in [1.29, 1.82) is 0 Å². The molecule has 2 unspecified atom stereocenters. The molecule has 3 heteroatoms. The van der Waals surface area contributed by atoms with Crippen LogP contribution in [-0.4, -0.2) is 17.6 Å². The summed E-state index contributed by atoms with van der Waals surface area (Å²) in [6.45, 7) is 0.732. The lowest BCUT2D eigenvalue weighted by molar-refractivity contribution is 0.426. The maximum Gasteiger partial charge on any atom is 0.0481 e. The van der Waals surface area contributed by atoms with E-state index >= 15 is 0 Å². The van der Waals surface area contributed by atoms with Gasteiger partial charge in [-0.15, -0.1) is 0 Å². The molecule has 0 aliphatic heterocycles. The van der Waals surface area contributed by atoms with Gasteiger partial charge >= 0.3 is 0 Å². The molecule has 1 aliphatic carbocycles. The molecule has 16 heavy (non-hydrogen) atoms. The number of aromatic nitrogens is 1. The van der Waals surface area contributed by atoms with Crippen LogP contribution in [0.1, 0.15) is 42.9 Å². The monoisotopic (exact) mass is 219 g/mol. The Kier molecular flexibility index (Phi) is 3.91. The van der Waals surface area contributed by atoms with Gasteiger partial charge in [0, 0.05) is 23.9 Å². The molecule has 2 atom stereocenters. The fraction of sp³-hybridized carbons (Fsp3) is 0.615. The van der Waals surface area contributed by atoms with Crippen LogP contribution in [0, 0.1) is 0 Å². The second-order valence-electron chi connectivity index (χ2n) is 4.64. The minimum Gasteiger partial charge on any atom is -0.330 e. The normalized spacial score (nSPS) is 21.5.